The summed E-state index contributed by atoms with van der Waals surface area (Å²) in [5, 5.41) is 8.80. The van der Waals surface area contributed by atoms with E-state index < -0.39 is 22.5 Å². The molecule has 0 aliphatic heterocycles. The monoisotopic (exact) mass is 289 g/mol. The lowest BCUT2D eigenvalue weighted by atomic mass is 10.2. The second-order valence-electron chi connectivity index (χ2n) is 3.70. The van der Waals surface area contributed by atoms with Gasteiger partial charge in [0.05, 0.1) is 26.2 Å². The molecule has 106 valence electrons. The van der Waals surface area contributed by atoms with E-state index in [4.69, 9.17) is 14.6 Å². The third kappa shape index (κ3) is 3.75. The molecule has 0 amide bonds. The summed E-state index contributed by atoms with van der Waals surface area (Å²) < 4.78 is 34.1. The molecule has 0 saturated carbocycles. The summed E-state index contributed by atoms with van der Waals surface area (Å²) in [6, 6.07) is 4.44. The van der Waals surface area contributed by atoms with E-state index in [2.05, 4.69) is 0 Å². The van der Waals surface area contributed by atoms with Crippen molar-refractivity contribution in [2.45, 2.75) is 0 Å². The van der Waals surface area contributed by atoms with Crippen LogP contribution in [0.3, 0.4) is 0 Å². The number of hydrogen-bond donors (Lipinski definition) is 1. The molecule has 1 aromatic carbocycles. The van der Waals surface area contributed by atoms with Crippen LogP contribution in [-0.4, -0.2) is 46.5 Å². The van der Waals surface area contributed by atoms with Crippen molar-refractivity contribution in [3.63, 3.8) is 0 Å². The van der Waals surface area contributed by atoms with Gasteiger partial charge >= 0.3 is 5.97 Å². The summed E-state index contributed by atoms with van der Waals surface area (Å²) in [6.07, 6.45) is 0.930. The largest absolute Gasteiger partial charge is 0.497 e. The first kappa shape index (κ1) is 15.1. The van der Waals surface area contributed by atoms with Gasteiger partial charge in [0.25, 0.3) is 0 Å². The first-order valence-electron chi connectivity index (χ1n) is 5.21. The molecule has 1 aromatic rings. The Morgan fingerprint density at radius 2 is 1.95 bits per heavy atom. The van der Waals surface area contributed by atoms with Crippen LogP contribution in [0.4, 0.5) is 5.69 Å². The van der Waals surface area contributed by atoms with E-state index in [0.717, 1.165) is 10.6 Å². The minimum Gasteiger partial charge on any atom is -0.497 e. The SMILES string of the molecule is COc1ccc(N(CC(=O)O)S(C)(=O)=O)c(OC)c1. The number of anilines is 1. The Morgan fingerprint density at radius 1 is 1.32 bits per heavy atom. The normalized spacial score (nSPS) is 10.9. The van der Waals surface area contributed by atoms with E-state index in [-0.39, 0.29) is 11.4 Å². The first-order chi connectivity index (χ1) is 8.79. The highest BCUT2D eigenvalue weighted by atomic mass is 32.2. The van der Waals surface area contributed by atoms with Crippen molar-refractivity contribution in [3.05, 3.63) is 18.2 Å². The summed E-state index contributed by atoms with van der Waals surface area (Å²) in [7, 11) is -0.915. The van der Waals surface area contributed by atoms with E-state index in [1.165, 1.54) is 32.4 Å². The molecular formula is C11H15NO6S. The molecule has 0 spiro atoms. The van der Waals surface area contributed by atoms with Crippen LogP contribution in [0.5, 0.6) is 11.5 Å². The molecule has 19 heavy (non-hydrogen) atoms. The van der Waals surface area contributed by atoms with Crippen molar-refractivity contribution in [2.24, 2.45) is 0 Å². The third-order valence-corrected chi connectivity index (χ3v) is 3.46. The fourth-order valence-corrected chi connectivity index (χ4v) is 2.35. The van der Waals surface area contributed by atoms with Gasteiger partial charge in [0, 0.05) is 6.07 Å². The van der Waals surface area contributed by atoms with Gasteiger partial charge in [-0.2, -0.15) is 0 Å². The molecule has 8 heteroatoms. The maximum Gasteiger partial charge on any atom is 0.324 e. The zero-order valence-corrected chi connectivity index (χ0v) is 11.6. The fourth-order valence-electron chi connectivity index (χ4n) is 1.49. The van der Waals surface area contributed by atoms with Crippen molar-refractivity contribution in [1.82, 2.24) is 0 Å². The predicted octanol–water partition coefficient (Wildman–Crippen LogP) is 0.554. The highest BCUT2D eigenvalue weighted by Gasteiger charge is 2.23. The second-order valence-corrected chi connectivity index (χ2v) is 5.61. The second kappa shape index (κ2) is 5.79. The molecule has 0 heterocycles. The third-order valence-electron chi connectivity index (χ3n) is 2.33. The molecule has 0 saturated heterocycles. The summed E-state index contributed by atoms with van der Waals surface area (Å²) in [5.74, 6) is -0.571. The van der Waals surface area contributed by atoms with E-state index in [9.17, 15) is 13.2 Å². The van der Waals surface area contributed by atoms with Gasteiger partial charge in [-0.25, -0.2) is 8.42 Å². The van der Waals surface area contributed by atoms with Gasteiger partial charge in [0.1, 0.15) is 18.0 Å². The number of methoxy groups -OCH3 is 2. The molecule has 0 bridgehead atoms. The van der Waals surface area contributed by atoms with Crippen LogP contribution in [-0.2, 0) is 14.8 Å². The Labute approximate surface area is 111 Å². The molecule has 0 fully saturated rings. The number of hydrogen-bond acceptors (Lipinski definition) is 5. The van der Waals surface area contributed by atoms with Crippen LogP contribution >= 0.6 is 0 Å². The number of carboxylic acids is 1. The van der Waals surface area contributed by atoms with Crippen LogP contribution in [0.15, 0.2) is 18.2 Å². The number of benzene rings is 1. The number of rotatable bonds is 6. The predicted molar refractivity (Wildman–Crippen MR) is 69.4 cm³/mol. The topological polar surface area (TPSA) is 93.1 Å². The van der Waals surface area contributed by atoms with E-state index in [1.807, 2.05) is 0 Å². The van der Waals surface area contributed by atoms with Crippen molar-refractivity contribution < 1.29 is 27.8 Å². The standard InChI is InChI=1S/C11H15NO6S/c1-17-8-4-5-9(10(6-8)18-2)12(7-11(13)14)19(3,15)16/h4-6H,7H2,1-3H3,(H,13,14). The molecule has 0 aliphatic carbocycles. The Balaban J connectivity index is 3.33. The molecule has 1 rings (SSSR count). The van der Waals surface area contributed by atoms with Crippen LogP contribution in [0.25, 0.3) is 0 Å². The Hall–Kier alpha value is -1.96. The highest BCUT2D eigenvalue weighted by Crippen LogP contribution is 2.33. The van der Waals surface area contributed by atoms with Crippen LogP contribution < -0.4 is 13.8 Å². The summed E-state index contributed by atoms with van der Waals surface area (Å²) in [4.78, 5) is 10.8. The summed E-state index contributed by atoms with van der Waals surface area (Å²) in [6.45, 7) is -0.679. The molecule has 7 nitrogen and oxygen atoms in total. The van der Waals surface area contributed by atoms with Gasteiger partial charge in [0.15, 0.2) is 0 Å². The molecule has 0 unspecified atom stereocenters. The Morgan fingerprint density at radius 3 is 2.37 bits per heavy atom. The van der Waals surface area contributed by atoms with Crippen LogP contribution in [0.1, 0.15) is 0 Å². The number of carbonyl (C=O) groups is 1. The van der Waals surface area contributed by atoms with Crippen LogP contribution in [0.2, 0.25) is 0 Å². The number of sulfonamides is 1. The van der Waals surface area contributed by atoms with E-state index in [0.29, 0.717) is 5.75 Å². The molecule has 0 atom stereocenters. The van der Waals surface area contributed by atoms with Crippen molar-refractivity contribution >= 4 is 21.7 Å². The average Bonchev–Trinajstić information content (AvgIpc) is 2.33. The van der Waals surface area contributed by atoms with Gasteiger partial charge in [-0.3, -0.25) is 9.10 Å². The first-order valence-corrected chi connectivity index (χ1v) is 7.06. The number of carboxylic acid groups (broad SMARTS) is 1. The fraction of sp³-hybridized carbons (Fsp3) is 0.364. The average molecular weight is 289 g/mol. The lowest BCUT2D eigenvalue weighted by molar-refractivity contribution is -0.135. The lowest BCUT2D eigenvalue weighted by Gasteiger charge is -2.22. The zero-order chi connectivity index (χ0) is 14.6. The maximum atomic E-state index is 11.7. The molecule has 0 aliphatic rings. The van der Waals surface area contributed by atoms with Gasteiger partial charge in [0.2, 0.25) is 10.0 Å². The number of ether oxygens (including phenoxy) is 2. The maximum absolute atomic E-state index is 11.7. The van der Waals surface area contributed by atoms with Crippen molar-refractivity contribution in [3.8, 4) is 11.5 Å². The summed E-state index contributed by atoms with van der Waals surface area (Å²) in [5.41, 5.74) is 0.146. The van der Waals surface area contributed by atoms with E-state index in [1.54, 1.807) is 0 Å². The quantitative estimate of drug-likeness (QED) is 0.822. The minimum absolute atomic E-state index is 0.146. The van der Waals surface area contributed by atoms with Crippen molar-refractivity contribution in [1.29, 1.82) is 0 Å². The molecule has 1 N–H and O–H groups in total. The number of aliphatic carboxylic acids is 1. The van der Waals surface area contributed by atoms with Gasteiger partial charge < -0.3 is 14.6 Å². The Kier molecular flexibility index (Phi) is 4.60. The highest BCUT2D eigenvalue weighted by molar-refractivity contribution is 7.92. The number of nitrogens with zero attached hydrogens (tertiary/aromatic N) is 1. The van der Waals surface area contributed by atoms with Crippen LogP contribution in [0, 0.1) is 0 Å². The van der Waals surface area contributed by atoms with E-state index >= 15 is 0 Å². The molecular weight excluding hydrogens is 274 g/mol. The summed E-state index contributed by atoms with van der Waals surface area (Å²) >= 11 is 0. The molecule has 0 radical (unpaired) electrons. The lowest BCUT2D eigenvalue weighted by Crippen LogP contribution is -2.35. The Bertz CT molecular complexity index is 569. The zero-order valence-electron chi connectivity index (χ0n) is 10.8. The molecule has 0 aromatic heterocycles. The van der Waals surface area contributed by atoms with Gasteiger partial charge in [-0.15, -0.1) is 0 Å². The van der Waals surface area contributed by atoms with Gasteiger partial charge in [-0.05, 0) is 12.1 Å². The minimum atomic E-state index is -3.73. The van der Waals surface area contributed by atoms with Gasteiger partial charge in [-0.1, -0.05) is 0 Å². The smallest absolute Gasteiger partial charge is 0.324 e. The van der Waals surface area contributed by atoms with Crippen molar-refractivity contribution in [2.75, 3.05) is 31.3 Å².